The molecular formula is C22H17FN2O4. The maximum atomic E-state index is 13.6. The molecule has 29 heavy (non-hydrogen) atoms. The molecule has 0 fully saturated rings. The Kier molecular flexibility index (Phi) is 6.32. The number of amides is 1. The van der Waals surface area contributed by atoms with E-state index >= 15 is 0 Å². The van der Waals surface area contributed by atoms with E-state index in [4.69, 9.17) is 9.47 Å². The summed E-state index contributed by atoms with van der Waals surface area (Å²) in [6.45, 7) is 0. The highest BCUT2D eigenvalue weighted by atomic mass is 19.1. The van der Waals surface area contributed by atoms with Crippen molar-refractivity contribution in [1.82, 2.24) is 5.43 Å². The van der Waals surface area contributed by atoms with Crippen LogP contribution < -0.4 is 14.9 Å². The normalized spacial score (nSPS) is 10.6. The number of carbonyl (C=O) groups is 2. The number of esters is 1. The molecule has 3 aromatic carbocycles. The Hall–Kier alpha value is -4.00. The fourth-order valence-corrected chi connectivity index (χ4v) is 2.42. The molecule has 0 radical (unpaired) electrons. The van der Waals surface area contributed by atoms with Gasteiger partial charge in [-0.2, -0.15) is 5.10 Å². The van der Waals surface area contributed by atoms with Gasteiger partial charge in [0.05, 0.1) is 24.5 Å². The molecule has 3 rings (SSSR count). The van der Waals surface area contributed by atoms with Crippen molar-refractivity contribution in [3.63, 3.8) is 0 Å². The second-order valence-electron chi connectivity index (χ2n) is 5.87. The average molecular weight is 392 g/mol. The Morgan fingerprint density at radius 2 is 1.72 bits per heavy atom. The van der Waals surface area contributed by atoms with Gasteiger partial charge in [-0.25, -0.2) is 14.6 Å². The van der Waals surface area contributed by atoms with Crippen molar-refractivity contribution in [3.05, 3.63) is 95.3 Å². The SMILES string of the molecule is COc1ccc(C(=O)Oc2cccc(/C=N\NC(=O)c3ccccc3F)c2)cc1. The monoisotopic (exact) mass is 392 g/mol. The van der Waals surface area contributed by atoms with Crippen molar-refractivity contribution in [1.29, 1.82) is 0 Å². The van der Waals surface area contributed by atoms with Gasteiger partial charge in [-0.05, 0) is 54.1 Å². The summed E-state index contributed by atoms with van der Waals surface area (Å²) < 4.78 is 24.0. The molecule has 0 unspecified atom stereocenters. The van der Waals surface area contributed by atoms with Crippen LogP contribution in [0.3, 0.4) is 0 Å². The molecule has 0 aliphatic carbocycles. The van der Waals surface area contributed by atoms with Gasteiger partial charge in [0, 0.05) is 0 Å². The van der Waals surface area contributed by atoms with Crippen molar-refractivity contribution < 1.29 is 23.5 Å². The van der Waals surface area contributed by atoms with E-state index in [1.807, 2.05) is 0 Å². The summed E-state index contributed by atoms with van der Waals surface area (Å²) in [7, 11) is 1.54. The van der Waals surface area contributed by atoms with Crippen LogP contribution in [-0.2, 0) is 0 Å². The third-order valence-electron chi connectivity index (χ3n) is 3.89. The van der Waals surface area contributed by atoms with Crippen LogP contribution in [0.4, 0.5) is 4.39 Å². The topological polar surface area (TPSA) is 77.0 Å². The minimum absolute atomic E-state index is 0.105. The number of rotatable bonds is 6. The van der Waals surface area contributed by atoms with Gasteiger partial charge in [0.1, 0.15) is 17.3 Å². The van der Waals surface area contributed by atoms with Crippen LogP contribution in [0.15, 0.2) is 77.9 Å². The molecule has 0 heterocycles. The van der Waals surface area contributed by atoms with Gasteiger partial charge in [-0.3, -0.25) is 4.79 Å². The van der Waals surface area contributed by atoms with Crippen LogP contribution in [0, 0.1) is 5.82 Å². The Morgan fingerprint density at radius 1 is 0.966 bits per heavy atom. The van der Waals surface area contributed by atoms with E-state index in [9.17, 15) is 14.0 Å². The summed E-state index contributed by atoms with van der Waals surface area (Å²) in [4.78, 5) is 24.2. The lowest BCUT2D eigenvalue weighted by molar-refractivity contribution is 0.0734. The van der Waals surface area contributed by atoms with Crippen molar-refractivity contribution in [2.45, 2.75) is 0 Å². The standard InChI is InChI=1S/C22H17FN2O4/c1-28-17-11-9-16(10-12-17)22(27)29-18-6-4-5-15(13-18)14-24-25-21(26)19-7-2-3-8-20(19)23/h2-14H,1H3,(H,25,26)/b24-14-. The molecular weight excluding hydrogens is 375 g/mol. The van der Waals surface area contributed by atoms with Crippen LogP contribution >= 0.6 is 0 Å². The second-order valence-corrected chi connectivity index (χ2v) is 5.87. The van der Waals surface area contributed by atoms with E-state index in [0.29, 0.717) is 22.6 Å². The van der Waals surface area contributed by atoms with Crippen molar-refractivity contribution in [3.8, 4) is 11.5 Å². The molecule has 1 N–H and O–H groups in total. The molecule has 0 aliphatic rings. The van der Waals surface area contributed by atoms with Crippen LogP contribution in [0.2, 0.25) is 0 Å². The van der Waals surface area contributed by atoms with Crippen LogP contribution in [0.1, 0.15) is 26.3 Å². The van der Waals surface area contributed by atoms with Crippen LogP contribution in [0.25, 0.3) is 0 Å². The molecule has 1 amide bonds. The number of carbonyl (C=O) groups excluding carboxylic acids is 2. The zero-order chi connectivity index (χ0) is 20.6. The number of hydrogen-bond donors (Lipinski definition) is 1. The molecule has 0 aliphatic heterocycles. The number of hydrogen-bond acceptors (Lipinski definition) is 5. The number of ether oxygens (including phenoxy) is 2. The van der Waals surface area contributed by atoms with Gasteiger partial charge >= 0.3 is 5.97 Å². The maximum Gasteiger partial charge on any atom is 0.343 e. The number of nitrogens with one attached hydrogen (secondary N) is 1. The summed E-state index contributed by atoms with van der Waals surface area (Å²) in [5.41, 5.74) is 3.11. The predicted molar refractivity (Wildman–Crippen MR) is 106 cm³/mol. The number of methoxy groups -OCH3 is 1. The first-order valence-electron chi connectivity index (χ1n) is 8.61. The third kappa shape index (κ3) is 5.26. The first-order chi connectivity index (χ1) is 14.1. The fraction of sp³-hybridized carbons (Fsp3) is 0.0455. The maximum absolute atomic E-state index is 13.6. The van der Waals surface area contributed by atoms with E-state index in [1.54, 1.807) is 61.7 Å². The molecule has 3 aromatic rings. The molecule has 7 heteroatoms. The van der Waals surface area contributed by atoms with E-state index in [0.717, 1.165) is 0 Å². The number of nitrogens with zero attached hydrogens (tertiary/aromatic N) is 1. The van der Waals surface area contributed by atoms with Gasteiger partial charge < -0.3 is 9.47 Å². The molecule has 0 saturated carbocycles. The molecule has 146 valence electrons. The summed E-state index contributed by atoms with van der Waals surface area (Å²) in [5.74, 6) is -0.865. The highest BCUT2D eigenvalue weighted by Crippen LogP contribution is 2.16. The molecule has 0 spiro atoms. The highest BCUT2D eigenvalue weighted by Gasteiger charge is 2.10. The Balaban J connectivity index is 1.63. The summed E-state index contributed by atoms with van der Waals surface area (Å²) in [6, 6.07) is 18.7. The van der Waals surface area contributed by atoms with Gasteiger partial charge in [-0.15, -0.1) is 0 Å². The van der Waals surface area contributed by atoms with E-state index in [1.165, 1.54) is 24.4 Å². The first kappa shape index (κ1) is 19.8. The Bertz CT molecular complexity index is 1050. The number of halogens is 1. The summed E-state index contributed by atoms with van der Waals surface area (Å²) in [5, 5.41) is 3.81. The fourth-order valence-electron chi connectivity index (χ4n) is 2.42. The zero-order valence-corrected chi connectivity index (χ0v) is 15.5. The van der Waals surface area contributed by atoms with Crippen LogP contribution in [-0.4, -0.2) is 25.2 Å². The van der Waals surface area contributed by atoms with Crippen LogP contribution in [0.5, 0.6) is 11.5 Å². The van der Waals surface area contributed by atoms with E-state index in [2.05, 4.69) is 10.5 Å². The quantitative estimate of drug-likeness (QED) is 0.299. The van der Waals surface area contributed by atoms with Gasteiger partial charge in [0.2, 0.25) is 0 Å². The second kappa shape index (κ2) is 9.27. The molecule has 0 bridgehead atoms. The third-order valence-corrected chi connectivity index (χ3v) is 3.89. The number of hydrazone groups is 1. The van der Waals surface area contributed by atoms with Gasteiger partial charge in [-0.1, -0.05) is 24.3 Å². The van der Waals surface area contributed by atoms with Crippen molar-refractivity contribution >= 4 is 18.1 Å². The van der Waals surface area contributed by atoms with Crippen molar-refractivity contribution in [2.75, 3.05) is 7.11 Å². The smallest absolute Gasteiger partial charge is 0.343 e. The largest absolute Gasteiger partial charge is 0.497 e. The van der Waals surface area contributed by atoms with Gasteiger partial charge in [0.25, 0.3) is 5.91 Å². The summed E-state index contributed by atoms with van der Waals surface area (Å²) in [6.07, 6.45) is 1.36. The minimum Gasteiger partial charge on any atom is -0.497 e. The van der Waals surface area contributed by atoms with E-state index in [-0.39, 0.29) is 5.56 Å². The van der Waals surface area contributed by atoms with E-state index < -0.39 is 17.7 Å². The molecule has 0 atom stereocenters. The lowest BCUT2D eigenvalue weighted by Crippen LogP contribution is -2.18. The van der Waals surface area contributed by atoms with Crippen molar-refractivity contribution in [2.24, 2.45) is 5.10 Å². The molecule has 0 aromatic heterocycles. The Morgan fingerprint density at radius 3 is 2.45 bits per heavy atom. The first-order valence-corrected chi connectivity index (χ1v) is 8.61. The lowest BCUT2D eigenvalue weighted by Gasteiger charge is -2.06. The molecule has 6 nitrogen and oxygen atoms in total. The Labute approximate surface area is 166 Å². The molecule has 0 saturated heterocycles. The van der Waals surface area contributed by atoms with Gasteiger partial charge in [0.15, 0.2) is 0 Å². The lowest BCUT2D eigenvalue weighted by atomic mass is 10.2. The summed E-state index contributed by atoms with van der Waals surface area (Å²) >= 11 is 0. The average Bonchev–Trinajstić information content (AvgIpc) is 2.74. The minimum atomic E-state index is -0.665. The predicted octanol–water partition coefficient (Wildman–Crippen LogP) is 3.82. The highest BCUT2D eigenvalue weighted by molar-refractivity contribution is 5.95. The number of benzene rings is 3. The zero-order valence-electron chi connectivity index (χ0n) is 15.5.